The second-order valence-electron chi connectivity index (χ2n) is 5.23. The lowest BCUT2D eigenvalue weighted by atomic mass is 10.1. The maximum Gasteiger partial charge on any atom is 0.339 e. The highest BCUT2D eigenvalue weighted by molar-refractivity contribution is 7.87. The van der Waals surface area contributed by atoms with Crippen molar-refractivity contribution >= 4 is 20.9 Å². The van der Waals surface area contributed by atoms with Crippen molar-refractivity contribution in [2.24, 2.45) is 0 Å². The van der Waals surface area contributed by atoms with Gasteiger partial charge in [-0.25, -0.2) is 0 Å². The van der Waals surface area contributed by atoms with Gasteiger partial charge in [0, 0.05) is 0 Å². The van der Waals surface area contributed by atoms with Crippen LogP contribution in [0.3, 0.4) is 0 Å². The van der Waals surface area contributed by atoms with E-state index in [4.69, 9.17) is 8.92 Å². The van der Waals surface area contributed by atoms with E-state index < -0.39 is 10.1 Å². The zero-order valence-electron chi connectivity index (χ0n) is 12.8. The van der Waals surface area contributed by atoms with Gasteiger partial charge in [-0.05, 0) is 54.1 Å². The van der Waals surface area contributed by atoms with Crippen molar-refractivity contribution in [1.29, 1.82) is 0 Å². The van der Waals surface area contributed by atoms with Crippen molar-refractivity contribution in [3.05, 3.63) is 66.2 Å². The molecule has 0 spiro atoms. The second kappa shape index (κ2) is 5.93. The molecule has 5 heteroatoms. The van der Waals surface area contributed by atoms with Gasteiger partial charge in [0.05, 0.1) is 7.11 Å². The van der Waals surface area contributed by atoms with Gasteiger partial charge in [-0.1, -0.05) is 29.8 Å². The lowest BCUT2D eigenvalue weighted by molar-refractivity contribution is 0.414. The average Bonchev–Trinajstić information content (AvgIpc) is 2.55. The molecular weight excluding hydrogens is 312 g/mol. The standard InChI is InChI=1S/C18H16O4S/c1-13-3-4-15-12-17(6-5-14(15)11-13)22-23(19,20)18-9-7-16(21-2)8-10-18/h3-12H,1-2H3. The van der Waals surface area contributed by atoms with Crippen LogP contribution in [0.1, 0.15) is 5.56 Å². The van der Waals surface area contributed by atoms with Crippen LogP contribution in [-0.2, 0) is 10.1 Å². The van der Waals surface area contributed by atoms with E-state index in [0.29, 0.717) is 5.75 Å². The highest BCUT2D eigenvalue weighted by Gasteiger charge is 2.16. The van der Waals surface area contributed by atoms with Crippen LogP contribution in [0, 0.1) is 6.92 Å². The van der Waals surface area contributed by atoms with Gasteiger partial charge in [-0.2, -0.15) is 8.42 Å². The first-order valence-electron chi connectivity index (χ1n) is 7.07. The number of aryl methyl sites for hydroxylation is 1. The number of hydrogen-bond acceptors (Lipinski definition) is 4. The molecule has 0 heterocycles. The van der Waals surface area contributed by atoms with E-state index in [1.165, 1.54) is 19.2 Å². The van der Waals surface area contributed by atoms with Crippen molar-refractivity contribution in [3.8, 4) is 11.5 Å². The summed E-state index contributed by atoms with van der Waals surface area (Å²) in [6.07, 6.45) is 0. The Hall–Kier alpha value is -2.53. The van der Waals surface area contributed by atoms with Gasteiger partial charge in [0.1, 0.15) is 16.4 Å². The quantitative estimate of drug-likeness (QED) is 0.681. The molecule has 3 rings (SSSR count). The molecule has 0 N–H and O–H groups in total. The Kier molecular flexibility index (Phi) is 3.96. The molecule has 3 aromatic rings. The molecule has 0 atom stereocenters. The highest BCUT2D eigenvalue weighted by atomic mass is 32.2. The van der Waals surface area contributed by atoms with Gasteiger partial charge in [-0.3, -0.25) is 0 Å². The largest absolute Gasteiger partial charge is 0.497 e. The van der Waals surface area contributed by atoms with Gasteiger partial charge in [0.2, 0.25) is 0 Å². The normalized spacial score (nSPS) is 11.4. The molecule has 0 aromatic heterocycles. The Labute approximate surface area is 135 Å². The van der Waals surface area contributed by atoms with Crippen LogP contribution in [0.15, 0.2) is 65.6 Å². The molecule has 0 bridgehead atoms. The molecule has 118 valence electrons. The van der Waals surface area contributed by atoms with E-state index in [1.807, 2.05) is 31.2 Å². The second-order valence-corrected chi connectivity index (χ2v) is 6.77. The number of hydrogen-bond donors (Lipinski definition) is 0. The fourth-order valence-electron chi connectivity index (χ4n) is 2.31. The van der Waals surface area contributed by atoms with E-state index in [0.717, 1.165) is 16.3 Å². The van der Waals surface area contributed by atoms with E-state index in [2.05, 4.69) is 0 Å². The molecule has 0 radical (unpaired) electrons. The molecule has 0 unspecified atom stereocenters. The zero-order chi connectivity index (χ0) is 16.4. The summed E-state index contributed by atoms with van der Waals surface area (Å²) in [5, 5.41) is 1.97. The molecule has 3 aromatic carbocycles. The number of rotatable bonds is 4. The van der Waals surface area contributed by atoms with E-state index >= 15 is 0 Å². The molecule has 23 heavy (non-hydrogen) atoms. The first-order valence-corrected chi connectivity index (χ1v) is 8.48. The van der Waals surface area contributed by atoms with Crippen molar-refractivity contribution in [2.75, 3.05) is 7.11 Å². The van der Waals surface area contributed by atoms with Crippen LogP contribution in [0.25, 0.3) is 10.8 Å². The summed E-state index contributed by atoms with van der Waals surface area (Å²) in [6.45, 7) is 2.01. The molecular formula is C18H16O4S. The lowest BCUT2D eigenvalue weighted by Gasteiger charge is -2.09. The first-order chi connectivity index (χ1) is 11.0. The average molecular weight is 328 g/mol. The van der Waals surface area contributed by atoms with Gasteiger partial charge in [0.25, 0.3) is 0 Å². The monoisotopic (exact) mass is 328 g/mol. The lowest BCUT2D eigenvalue weighted by Crippen LogP contribution is -2.09. The van der Waals surface area contributed by atoms with Crippen molar-refractivity contribution in [3.63, 3.8) is 0 Å². The first kappa shape index (κ1) is 15.4. The summed E-state index contributed by atoms with van der Waals surface area (Å²) in [5.74, 6) is 0.877. The minimum absolute atomic E-state index is 0.0855. The zero-order valence-corrected chi connectivity index (χ0v) is 13.6. The van der Waals surface area contributed by atoms with Crippen LogP contribution in [-0.4, -0.2) is 15.5 Å². The number of ether oxygens (including phenoxy) is 1. The van der Waals surface area contributed by atoms with Crippen LogP contribution >= 0.6 is 0 Å². The predicted molar refractivity (Wildman–Crippen MR) is 89.5 cm³/mol. The molecule has 0 saturated heterocycles. The third kappa shape index (κ3) is 3.29. The summed E-state index contributed by atoms with van der Waals surface area (Å²) >= 11 is 0. The van der Waals surface area contributed by atoms with Gasteiger partial charge < -0.3 is 8.92 Å². The van der Waals surface area contributed by atoms with Gasteiger partial charge in [0.15, 0.2) is 0 Å². The topological polar surface area (TPSA) is 52.6 Å². The van der Waals surface area contributed by atoms with Crippen molar-refractivity contribution in [1.82, 2.24) is 0 Å². The van der Waals surface area contributed by atoms with Crippen molar-refractivity contribution in [2.45, 2.75) is 11.8 Å². The van der Waals surface area contributed by atoms with Crippen LogP contribution < -0.4 is 8.92 Å². The summed E-state index contributed by atoms with van der Waals surface area (Å²) in [7, 11) is -2.35. The van der Waals surface area contributed by atoms with E-state index in [-0.39, 0.29) is 10.6 Å². The molecule has 0 saturated carbocycles. The third-order valence-corrected chi connectivity index (χ3v) is 4.78. The minimum Gasteiger partial charge on any atom is -0.497 e. The van der Waals surface area contributed by atoms with Gasteiger partial charge in [-0.15, -0.1) is 0 Å². The van der Waals surface area contributed by atoms with E-state index in [1.54, 1.807) is 24.3 Å². The Morgan fingerprint density at radius 2 is 1.39 bits per heavy atom. The number of fused-ring (bicyclic) bond motifs is 1. The Morgan fingerprint density at radius 3 is 2.09 bits per heavy atom. The molecule has 0 fully saturated rings. The molecule has 0 amide bonds. The Morgan fingerprint density at radius 1 is 0.783 bits per heavy atom. The maximum atomic E-state index is 12.3. The number of methoxy groups -OCH3 is 1. The number of benzene rings is 3. The predicted octanol–water partition coefficient (Wildman–Crippen LogP) is 3.92. The van der Waals surface area contributed by atoms with Crippen LogP contribution in [0.5, 0.6) is 11.5 Å². The smallest absolute Gasteiger partial charge is 0.339 e. The molecule has 0 aliphatic heterocycles. The fourth-order valence-corrected chi connectivity index (χ4v) is 3.23. The SMILES string of the molecule is COc1ccc(S(=O)(=O)Oc2ccc3cc(C)ccc3c2)cc1. The third-order valence-electron chi connectivity index (χ3n) is 3.52. The van der Waals surface area contributed by atoms with E-state index in [9.17, 15) is 8.42 Å². The minimum atomic E-state index is -3.87. The Balaban J connectivity index is 1.91. The highest BCUT2D eigenvalue weighted by Crippen LogP contribution is 2.25. The fraction of sp³-hybridized carbons (Fsp3) is 0.111. The molecule has 0 aliphatic carbocycles. The van der Waals surface area contributed by atoms with Gasteiger partial charge >= 0.3 is 10.1 Å². The maximum absolute atomic E-state index is 12.3. The van der Waals surface area contributed by atoms with Crippen LogP contribution in [0.2, 0.25) is 0 Å². The summed E-state index contributed by atoms with van der Waals surface area (Å²) in [5.41, 5.74) is 1.15. The summed E-state index contributed by atoms with van der Waals surface area (Å²) < 4.78 is 34.9. The van der Waals surface area contributed by atoms with Crippen molar-refractivity contribution < 1.29 is 17.3 Å². The van der Waals surface area contributed by atoms with Crippen LogP contribution in [0.4, 0.5) is 0 Å². The summed E-state index contributed by atoms with van der Waals surface area (Å²) in [6, 6.07) is 17.3. The molecule has 0 aliphatic rings. The molecule has 4 nitrogen and oxygen atoms in total. The Bertz CT molecular complexity index is 944. The summed E-state index contributed by atoms with van der Waals surface area (Å²) in [4.78, 5) is 0.0855.